The molecule has 0 amide bonds. The molecule has 3 nitrogen and oxygen atoms in total. The zero-order valence-corrected chi connectivity index (χ0v) is 11.1. The molecule has 0 fully saturated rings. The lowest BCUT2D eigenvalue weighted by Gasteiger charge is -2.06. The summed E-state index contributed by atoms with van der Waals surface area (Å²) in [5.74, 6) is 0. The molecule has 0 spiro atoms. The fourth-order valence-corrected chi connectivity index (χ4v) is 2.03. The summed E-state index contributed by atoms with van der Waals surface area (Å²) in [6, 6.07) is 14.9. The molecule has 0 aliphatic heterocycles. The van der Waals surface area contributed by atoms with Gasteiger partial charge in [0.1, 0.15) is 0 Å². The molecule has 0 saturated carbocycles. The lowest BCUT2D eigenvalue weighted by molar-refractivity contribution is 0.137. The molecule has 19 heavy (non-hydrogen) atoms. The quantitative estimate of drug-likeness (QED) is 0.712. The van der Waals surface area contributed by atoms with Gasteiger partial charge in [-0.1, -0.05) is 42.5 Å². The highest BCUT2D eigenvalue weighted by Gasteiger charge is 1.96. The van der Waals surface area contributed by atoms with Crippen molar-refractivity contribution in [3.05, 3.63) is 48.0 Å². The van der Waals surface area contributed by atoms with E-state index in [0.29, 0.717) is 13.2 Å². The van der Waals surface area contributed by atoms with Gasteiger partial charge in [-0.3, -0.25) is 0 Å². The molecule has 2 aromatic carbocycles. The zero-order valence-electron chi connectivity index (χ0n) is 11.1. The Balaban J connectivity index is 1.72. The second-order valence-corrected chi connectivity index (χ2v) is 4.52. The molecule has 2 N–H and O–H groups in total. The van der Waals surface area contributed by atoms with Gasteiger partial charge >= 0.3 is 0 Å². The van der Waals surface area contributed by atoms with Crippen LogP contribution in [0.3, 0.4) is 0 Å². The lowest BCUT2D eigenvalue weighted by atomic mass is 10.1. The minimum absolute atomic E-state index is 0.178. The Labute approximate surface area is 114 Å². The Kier molecular flexibility index (Phi) is 5.82. The average Bonchev–Trinajstić information content (AvgIpc) is 2.46. The Morgan fingerprint density at radius 1 is 0.947 bits per heavy atom. The van der Waals surface area contributed by atoms with Crippen LogP contribution in [0.2, 0.25) is 0 Å². The maximum atomic E-state index is 8.60. The Morgan fingerprint density at radius 3 is 2.63 bits per heavy atom. The Bertz CT molecular complexity index is 499. The van der Waals surface area contributed by atoms with Crippen molar-refractivity contribution in [2.45, 2.75) is 6.42 Å². The predicted octanol–water partition coefficient (Wildman–Crippen LogP) is 1.98. The van der Waals surface area contributed by atoms with Gasteiger partial charge in [0.25, 0.3) is 0 Å². The van der Waals surface area contributed by atoms with E-state index in [1.54, 1.807) is 0 Å². The molecule has 0 aliphatic carbocycles. The number of nitrogens with one attached hydrogen (secondary N) is 1. The number of benzene rings is 2. The van der Waals surface area contributed by atoms with E-state index in [1.165, 1.54) is 16.3 Å². The van der Waals surface area contributed by atoms with E-state index >= 15 is 0 Å². The van der Waals surface area contributed by atoms with Gasteiger partial charge in [0.05, 0.1) is 19.8 Å². The van der Waals surface area contributed by atoms with Crippen molar-refractivity contribution in [2.24, 2.45) is 0 Å². The van der Waals surface area contributed by atoms with Gasteiger partial charge in [-0.15, -0.1) is 0 Å². The highest BCUT2D eigenvalue weighted by molar-refractivity contribution is 5.82. The summed E-state index contributed by atoms with van der Waals surface area (Å²) in [6.07, 6.45) is 0.935. The highest BCUT2D eigenvalue weighted by Crippen LogP contribution is 2.15. The topological polar surface area (TPSA) is 41.5 Å². The number of hydrogen-bond donors (Lipinski definition) is 2. The van der Waals surface area contributed by atoms with Gasteiger partial charge in [0.15, 0.2) is 0 Å². The number of ether oxygens (including phenoxy) is 1. The largest absolute Gasteiger partial charge is 0.395 e. The monoisotopic (exact) mass is 259 g/mol. The number of fused-ring (bicyclic) bond motifs is 1. The smallest absolute Gasteiger partial charge is 0.0591 e. The first-order valence-electron chi connectivity index (χ1n) is 6.77. The number of aliphatic hydroxyl groups excluding tert-OH is 1. The van der Waals surface area contributed by atoms with Gasteiger partial charge in [-0.05, 0) is 22.8 Å². The molecule has 2 rings (SSSR count). The predicted molar refractivity (Wildman–Crippen MR) is 78.4 cm³/mol. The summed E-state index contributed by atoms with van der Waals surface area (Å²) in [4.78, 5) is 0. The van der Waals surface area contributed by atoms with Gasteiger partial charge in [-0.2, -0.15) is 0 Å². The first-order valence-corrected chi connectivity index (χ1v) is 6.77. The van der Waals surface area contributed by atoms with Crippen LogP contribution < -0.4 is 5.32 Å². The van der Waals surface area contributed by atoms with Crippen molar-refractivity contribution in [1.82, 2.24) is 5.32 Å². The fourth-order valence-electron chi connectivity index (χ4n) is 2.03. The molecule has 3 heteroatoms. The third-order valence-electron chi connectivity index (χ3n) is 3.06. The third kappa shape index (κ3) is 4.63. The van der Waals surface area contributed by atoms with Crippen LogP contribution in [0.25, 0.3) is 10.8 Å². The van der Waals surface area contributed by atoms with Crippen LogP contribution in [-0.2, 0) is 11.2 Å². The SMILES string of the molecule is OCCNCCOCCc1ccc2ccccc2c1. The van der Waals surface area contributed by atoms with Crippen LogP contribution >= 0.6 is 0 Å². The van der Waals surface area contributed by atoms with Crippen molar-refractivity contribution in [3.8, 4) is 0 Å². The van der Waals surface area contributed by atoms with Crippen LogP contribution in [0, 0.1) is 0 Å². The van der Waals surface area contributed by atoms with E-state index in [1.807, 2.05) is 0 Å². The van der Waals surface area contributed by atoms with Gasteiger partial charge in [-0.25, -0.2) is 0 Å². The lowest BCUT2D eigenvalue weighted by Crippen LogP contribution is -2.23. The normalized spacial score (nSPS) is 11.0. The maximum absolute atomic E-state index is 8.60. The van der Waals surface area contributed by atoms with Gasteiger partial charge < -0.3 is 15.2 Å². The number of rotatable bonds is 8. The number of hydrogen-bond acceptors (Lipinski definition) is 3. The van der Waals surface area contributed by atoms with Crippen molar-refractivity contribution in [2.75, 3.05) is 32.9 Å². The van der Waals surface area contributed by atoms with Crippen LogP contribution in [0.15, 0.2) is 42.5 Å². The van der Waals surface area contributed by atoms with Crippen LogP contribution in [0.4, 0.5) is 0 Å². The first-order chi connectivity index (χ1) is 9.40. The summed E-state index contributed by atoms with van der Waals surface area (Å²) in [5, 5.41) is 14.2. The summed E-state index contributed by atoms with van der Waals surface area (Å²) in [5.41, 5.74) is 1.31. The maximum Gasteiger partial charge on any atom is 0.0591 e. The second kappa shape index (κ2) is 7.89. The van der Waals surface area contributed by atoms with Crippen LogP contribution in [-0.4, -0.2) is 38.0 Å². The van der Waals surface area contributed by atoms with Crippen molar-refractivity contribution in [1.29, 1.82) is 0 Å². The molecule has 0 atom stereocenters. The molecule has 0 radical (unpaired) electrons. The van der Waals surface area contributed by atoms with E-state index < -0.39 is 0 Å². The molecular weight excluding hydrogens is 238 g/mol. The molecule has 0 heterocycles. The van der Waals surface area contributed by atoms with E-state index in [9.17, 15) is 0 Å². The summed E-state index contributed by atoms with van der Waals surface area (Å²) >= 11 is 0. The first kappa shape index (κ1) is 14.0. The van der Waals surface area contributed by atoms with Crippen molar-refractivity contribution < 1.29 is 9.84 Å². The average molecular weight is 259 g/mol. The molecular formula is C16H21NO2. The van der Waals surface area contributed by atoms with E-state index in [2.05, 4.69) is 47.8 Å². The van der Waals surface area contributed by atoms with Crippen molar-refractivity contribution in [3.63, 3.8) is 0 Å². The van der Waals surface area contributed by atoms with E-state index in [4.69, 9.17) is 9.84 Å². The van der Waals surface area contributed by atoms with E-state index in [-0.39, 0.29) is 6.61 Å². The molecule has 0 aromatic heterocycles. The summed E-state index contributed by atoms with van der Waals surface area (Å²) < 4.78 is 5.55. The Hall–Kier alpha value is -1.42. The third-order valence-corrected chi connectivity index (χ3v) is 3.06. The molecule has 0 saturated heterocycles. The molecule has 102 valence electrons. The summed E-state index contributed by atoms with van der Waals surface area (Å²) in [7, 11) is 0. The van der Waals surface area contributed by atoms with E-state index in [0.717, 1.165) is 19.6 Å². The minimum atomic E-state index is 0.178. The molecule has 0 unspecified atom stereocenters. The summed E-state index contributed by atoms with van der Waals surface area (Å²) in [6.45, 7) is 3.02. The molecule has 0 aliphatic rings. The van der Waals surface area contributed by atoms with Gasteiger partial charge in [0, 0.05) is 13.1 Å². The van der Waals surface area contributed by atoms with Crippen LogP contribution in [0.5, 0.6) is 0 Å². The fraction of sp³-hybridized carbons (Fsp3) is 0.375. The molecule has 2 aromatic rings. The van der Waals surface area contributed by atoms with Crippen LogP contribution in [0.1, 0.15) is 5.56 Å². The van der Waals surface area contributed by atoms with Crippen molar-refractivity contribution >= 4 is 10.8 Å². The Morgan fingerprint density at radius 2 is 1.79 bits per heavy atom. The standard InChI is InChI=1S/C16H21NO2/c18-10-8-17-9-12-19-11-7-14-5-6-15-3-1-2-4-16(15)13-14/h1-6,13,17-18H,7-12H2. The minimum Gasteiger partial charge on any atom is -0.395 e. The second-order valence-electron chi connectivity index (χ2n) is 4.52. The zero-order chi connectivity index (χ0) is 13.3. The highest BCUT2D eigenvalue weighted by atomic mass is 16.5. The number of aliphatic hydroxyl groups is 1. The van der Waals surface area contributed by atoms with Gasteiger partial charge in [0.2, 0.25) is 0 Å². The molecule has 0 bridgehead atoms.